The lowest BCUT2D eigenvalue weighted by Crippen LogP contribution is -1.97. The summed E-state index contributed by atoms with van der Waals surface area (Å²) in [6, 6.07) is 5.42. The lowest BCUT2D eigenvalue weighted by Gasteiger charge is -2.02. The van der Waals surface area contributed by atoms with Crippen molar-refractivity contribution >= 4 is 45.4 Å². The number of unbranched alkanes of at least 4 members (excludes halogenated alkanes) is 3. The van der Waals surface area contributed by atoms with Gasteiger partial charge in [-0.25, -0.2) is 4.98 Å². The minimum absolute atomic E-state index is 0.602. The first-order valence-corrected chi connectivity index (χ1v) is 9.44. The van der Waals surface area contributed by atoms with Crippen LogP contribution in [0.2, 0.25) is 10.0 Å². The van der Waals surface area contributed by atoms with E-state index in [1.807, 2.05) is 24.4 Å². The van der Waals surface area contributed by atoms with Crippen molar-refractivity contribution in [3.05, 3.63) is 33.6 Å². The van der Waals surface area contributed by atoms with Crippen molar-refractivity contribution in [3.63, 3.8) is 0 Å². The van der Waals surface area contributed by atoms with Crippen LogP contribution in [0.1, 0.15) is 46.0 Å². The number of hydrazone groups is 1. The molecule has 0 unspecified atom stereocenters. The summed E-state index contributed by atoms with van der Waals surface area (Å²) < 4.78 is 0. The van der Waals surface area contributed by atoms with Crippen molar-refractivity contribution < 1.29 is 0 Å². The molecule has 0 fully saturated rings. The molecule has 0 aliphatic rings. The van der Waals surface area contributed by atoms with Gasteiger partial charge in [0.05, 0.1) is 10.7 Å². The highest BCUT2D eigenvalue weighted by molar-refractivity contribution is 7.14. The molecule has 1 N–H and O–H groups in total. The van der Waals surface area contributed by atoms with Gasteiger partial charge in [-0.05, 0) is 38.0 Å². The number of rotatable bonds is 8. The SMILES string of the molecule is CCCCCC/C(C)=N/Nc1nc(-c2ccc(Cl)cc2Cl)cs1. The fourth-order valence-corrected chi connectivity index (χ4v) is 3.31. The van der Waals surface area contributed by atoms with Crippen molar-refractivity contribution in [2.45, 2.75) is 46.0 Å². The summed E-state index contributed by atoms with van der Waals surface area (Å²) in [5.74, 6) is 0. The zero-order valence-corrected chi connectivity index (χ0v) is 15.7. The average molecular weight is 370 g/mol. The van der Waals surface area contributed by atoms with Gasteiger partial charge in [0.1, 0.15) is 0 Å². The molecule has 2 aromatic rings. The van der Waals surface area contributed by atoms with Crippen LogP contribution in [0.4, 0.5) is 5.13 Å². The van der Waals surface area contributed by atoms with Crippen molar-refractivity contribution in [2.24, 2.45) is 5.10 Å². The molecule has 0 atom stereocenters. The molecule has 0 aliphatic carbocycles. The summed E-state index contributed by atoms with van der Waals surface area (Å²) in [4.78, 5) is 4.53. The van der Waals surface area contributed by atoms with Crippen LogP contribution in [0, 0.1) is 0 Å². The number of nitrogens with zero attached hydrogens (tertiary/aromatic N) is 2. The van der Waals surface area contributed by atoms with Crippen LogP contribution < -0.4 is 5.43 Å². The van der Waals surface area contributed by atoms with Gasteiger partial charge in [-0.3, -0.25) is 5.43 Å². The minimum Gasteiger partial charge on any atom is -0.253 e. The lowest BCUT2D eigenvalue weighted by atomic mass is 10.1. The molecular formula is C17H21Cl2N3S. The van der Waals surface area contributed by atoms with Gasteiger partial charge in [0.2, 0.25) is 5.13 Å². The lowest BCUT2D eigenvalue weighted by molar-refractivity contribution is 0.682. The quantitative estimate of drug-likeness (QED) is 0.313. The van der Waals surface area contributed by atoms with E-state index in [0.717, 1.165) is 28.5 Å². The van der Waals surface area contributed by atoms with Crippen LogP contribution in [0.3, 0.4) is 0 Å². The molecule has 1 aromatic carbocycles. The zero-order chi connectivity index (χ0) is 16.7. The summed E-state index contributed by atoms with van der Waals surface area (Å²) in [5.41, 5.74) is 5.84. The Morgan fingerprint density at radius 2 is 2.09 bits per heavy atom. The Morgan fingerprint density at radius 1 is 1.26 bits per heavy atom. The topological polar surface area (TPSA) is 37.3 Å². The third kappa shape index (κ3) is 5.79. The van der Waals surface area contributed by atoms with Gasteiger partial charge in [-0.2, -0.15) is 5.10 Å². The Morgan fingerprint density at radius 3 is 2.83 bits per heavy atom. The molecule has 6 heteroatoms. The van der Waals surface area contributed by atoms with Crippen LogP contribution in [0.15, 0.2) is 28.7 Å². The Bertz CT molecular complexity index is 668. The van der Waals surface area contributed by atoms with Crippen molar-refractivity contribution in [1.29, 1.82) is 0 Å². The summed E-state index contributed by atoms with van der Waals surface area (Å²) in [7, 11) is 0. The number of thiazole rings is 1. The third-order valence-corrected chi connectivity index (χ3v) is 4.74. The Kier molecular flexibility index (Phi) is 7.34. The molecular weight excluding hydrogens is 349 g/mol. The predicted molar refractivity (Wildman–Crippen MR) is 103 cm³/mol. The fraction of sp³-hybridized carbons (Fsp3) is 0.412. The first-order valence-electron chi connectivity index (χ1n) is 7.80. The van der Waals surface area contributed by atoms with Gasteiger partial charge >= 0.3 is 0 Å². The van der Waals surface area contributed by atoms with Gasteiger partial charge in [-0.15, -0.1) is 11.3 Å². The van der Waals surface area contributed by atoms with E-state index in [1.165, 1.54) is 37.0 Å². The second kappa shape index (κ2) is 9.26. The predicted octanol–water partition coefficient (Wildman–Crippen LogP) is 6.88. The maximum atomic E-state index is 6.22. The van der Waals surface area contributed by atoms with Crippen molar-refractivity contribution in [3.8, 4) is 11.3 Å². The second-order valence-electron chi connectivity index (χ2n) is 5.43. The number of aromatic nitrogens is 1. The molecule has 0 amide bonds. The molecule has 0 saturated carbocycles. The van der Waals surface area contributed by atoms with E-state index < -0.39 is 0 Å². The Hall–Kier alpha value is -1.10. The van der Waals surface area contributed by atoms with E-state index in [2.05, 4.69) is 22.4 Å². The molecule has 0 spiro atoms. The van der Waals surface area contributed by atoms with E-state index in [-0.39, 0.29) is 0 Å². The largest absolute Gasteiger partial charge is 0.253 e. The number of benzene rings is 1. The molecule has 0 radical (unpaired) electrons. The van der Waals surface area contributed by atoms with Crippen molar-refractivity contribution in [2.75, 3.05) is 5.43 Å². The standard InChI is InChI=1S/C17H21Cl2N3S/c1-3-4-5-6-7-12(2)21-22-17-20-16(11-23-17)14-9-8-13(18)10-15(14)19/h8-11H,3-7H2,1-2H3,(H,20,22)/b21-12+. The van der Waals surface area contributed by atoms with E-state index >= 15 is 0 Å². The van der Waals surface area contributed by atoms with E-state index in [9.17, 15) is 0 Å². The van der Waals surface area contributed by atoms with Crippen LogP contribution in [0.25, 0.3) is 11.3 Å². The van der Waals surface area contributed by atoms with Crippen LogP contribution in [0.5, 0.6) is 0 Å². The smallest absolute Gasteiger partial charge is 0.203 e. The van der Waals surface area contributed by atoms with E-state index in [1.54, 1.807) is 6.07 Å². The molecule has 2 rings (SSSR count). The van der Waals surface area contributed by atoms with E-state index in [0.29, 0.717) is 10.0 Å². The molecule has 3 nitrogen and oxygen atoms in total. The van der Waals surface area contributed by atoms with Gasteiger partial charge < -0.3 is 0 Å². The highest BCUT2D eigenvalue weighted by Gasteiger charge is 2.08. The van der Waals surface area contributed by atoms with Crippen LogP contribution in [-0.4, -0.2) is 10.7 Å². The maximum absolute atomic E-state index is 6.22. The minimum atomic E-state index is 0.602. The van der Waals surface area contributed by atoms with E-state index in [4.69, 9.17) is 23.2 Å². The monoisotopic (exact) mass is 369 g/mol. The molecule has 1 heterocycles. The van der Waals surface area contributed by atoms with Crippen molar-refractivity contribution in [1.82, 2.24) is 4.98 Å². The first-order chi connectivity index (χ1) is 11.1. The number of anilines is 1. The number of hydrogen-bond acceptors (Lipinski definition) is 4. The third-order valence-electron chi connectivity index (χ3n) is 3.45. The molecule has 0 saturated heterocycles. The second-order valence-corrected chi connectivity index (χ2v) is 7.13. The normalized spacial score (nSPS) is 11.7. The maximum Gasteiger partial charge on any atom is 0.203 e. The number of hydrogen-bond donors (Lipinski definition) is 1. The fourth-order valence-electron chi connectivity index (χ4n) is 2.15. The molecule has 124 valence electrons. The average Bonchev–Trinajstić information content (AvgIpc) is 2.98. The highest BCUT2D eigenvalue weighted by atomic mass is 35.5. The van der Waals surface area contributed by atoms with Crippen LogP contribution >= 0.6 is 34.5 Å². The van der Waals surface area contributed by atoms with Gasteiger partial charge in [0, 0.05) is 21.7 Å². The summed E-state index contributed by atoms with van der Waals surface area (Å²) in [6.45, 7) is 4.26. The number of nitrogens with one attached hydrogen (secondary N) is 1. The Labute approximate surface area is 151 Å². The summed E-state index contributed by atoms with van der Waals surface area (Å²) in [5, 5.41) is 8.34. The molecule has 0 bridgehead atoms. The van der Waals surface area contributed by atoms with Gasteiger partial charge in [0.25, 0.3) is 0 Å². The summed E-state index contributed by atoms with van der Waals surface area (Å²) in [6.07, 6.45) is 6.02. The zero-order valence-electron chi connectivity index (χ0n) is 13.4. The summed E-state index contributed by atoms with van der Waals surface area (Å²) >= 11 is 13.6. The first kappa shape index (κ1) is 18.2. The van der Waals surface area contributed by atoms with Crippen LogP contribution in [-0.2, 0) is 0 Å². The highest BCUT2D eigenvalue weighted by Crippen LogP contribution is 2.32. The van der Waals surface area contributed by atoms with Gasteiger partial charge in [0.15, 0.2) is 0 Å². The molecule has 1 aromatic heterocycles. The Balaban J connectivity index is 1.94. The molecule has 0 aliphatic heterocycles. The molecule has 23 heavy (non-hydrogen) atoms. The van der Waals surface area contributed by atoms with Gasteiger partial charge in [-0.1, -0.05) is 49.4 Å². The number of halogens is 2.